The van der Waals surface area contributed by atoms with Crippen LogP contribution in [0.25, 0.3) is 0 Å². The first-order valence-corrected chi connectivity index (χ1v) is 9.03. The van der Waals surface area contributed by atoms with Crippen molar-refractivity contribution in [2.75, 3.05) is 12.8 Å². The number of non-ortho nitro benzene ring substituents is 1. The quantitative estimate of drug-likeness (QED) is 0.245. The van der Waals surface area contributed by atoms with E-state index in [1.807, 2.05) is 0 Å². The number of benzene rings is 1. The van der Waals surface area contributed by atoms with Crippen LogP contribution in [0.4, 0.5) is 5.69 Å². The zero-order valence-corrected chi connectivity index (χ0v) is 13.1. The molecule has 5 N–H and O–H groups in total. The molecular weight excluding hydrogens is 355 g/mol. The number of hydrogen-bond donors (Lipinski definition) is 4. The molecule has 0 unspecified atom stereocenters. The van der Waals surface area contributed by atoms with Crippen molar-refractivity contribution in [3.05, 3.63) is 34.4 Å². The minimum Gasteiger partial charge on any atom is -0.369 e. The third kappa shape index (κ3) is 6.40. The summed E-state index contributed by atoms with van der Waals surface area (Å²) in [5.74, 6) is -1.02. The molecule has 0 aliphatic heterocycles. The second-order valence-corrected chi connectivity index (χ2v) is 7.59. The summed E-state index contributed by atoms with van der Waals surface area (Å²) in [5.41, 5.74) is 4.54. The fourth-order valence-electron chi connectivity index (χ4n) is 1.49. The van der Waals surface area contributed by atoms with E-state index in [0.29, 0.717) is 5.01 Å². The minimum atomic E-state index is -4.67. The molecule has 23 heavy (non-hydrogen) atoms. The average molecular weight is 368 g/mol. The molecule has 0 heterocycles. The molecule has 1 aromatic rings. The van der Waals surface area contributed by atoms with Gasteiger partial charge in [0.15, 0.2) is 0 Å². The Bertz CT molecular complexity index is 743. The van der Waals surface area contributed by atoms with E-state index in [2.05, 4.69) is 0 Å². The van der Waals surface area contributed by atoms with Gasteiger partial charge in [0.25, 0.3) is 15.7 Å². The van der Waals surface area contributed by atoms with Crippen LogP contribution in [0.2, 0.25) is 0 Å². The number of sulfonamides is 1. The fourth-order valence-corrected chi connectivity index (χ4v) is 3.27. The van der Waals surface area contributed by atoms with E-state index in [4.69, 9.17) is 15.5 Å². The van der Waals surface area contributed by atoms with E-state index in [-0.39, 0.29) is 5.69 Å². The fraction of sp³-hybridized carbons (Fsp3) is 0.222. The highest BCUT2D eigenvalue weighted by molar-refractivity contribution is 7.89. The molecule has 12 nitrogen and oxygen atoms in total. The van der Waals surface area contributed by atoms with Crippen LogP contribution in [0.1, 0.15) is 0 Å². The van der Waals surface area contributed by atoms with Gasteiger partial charge < -0.3 is 15.5 Å². The van der Waals surface area contributed by atoms with Crippen molar-refractivity contribution >= 4 is 29.2 Å². The van der Waals surface area contributed by atoms with Crippen molar-refractivity contribution in [3.8, 4) is 0 Å². The number of hydrazine groups is 1. The third-order valence-electron chi connectivity index (χ3n) is 2.31. The second kappa shape index (κ2) is 7.12. The highest BCUT2D eigenvalue weighted by Gasteiger charge is 2.26. The Balaban J connectivity index is 3.02. The summed E-state index contributed by atoms with van der Waals surface area (Å²) in [5, 5.41) is 11.0. The van der Waals surface area contributed by atoms with Gasteiger partial charge in [0, 0.05) is 12.1 Å². The van der Waals surface area contributed by atoms with E-state index in [0.717, 1.165) is 24.3 Å². The number of carbonyl (C=O) groups excluding carboxylic acids is 1. The van der Waals surface area contributed by atoms with Crippen LogP contribution in [-0.2, 0) is 19.4 Å². The highest BCUT2D eigenvalue weighted by atomic mass is 32.2. The van der Waals surface area contributed by atoms with Crippen molar-refractivity contribution in [3.63, 3.8) is 0 Å². The Morgan fingerprint density at radius 3 is 2.26 bits per heavy atom. The number of rotatable bonds is 8. The lowest BCUT2D eigenvalue weighted by molar-refractivity contribution is -0.384. The molecule has 1 aromatic carbocycles. The number of nitrogens with two attached hydrogens (primary N) is 1. The summed E-state index contributed by atoms with van der Waals surface area (Å²) in [6, 6.07) is 3.74. The molecule has 0 aliphatic rings. The van der Waals surface area contributed by atoms with Crippen molar-refractivity contribution in [2.45, 2.75) is 4.90 Å². The summed E-state index contributed by atoms with van der Waals surface area (Å²) in [6.45, 7) is -0.780. The SMILES string of the molecule is NC(=O)CN(CP(=O)(O)O)NS(=O)(=O)c1ccc([N+](=O)[O-])cc1. The monoisotopic (exact) mass is 368 g/mol. The number of nitrogens with zero attached hydrogens (tertiary/aromatic N) is 2. The van der Waals surface area contributed by atoms with Gasteiger partial charge in [-0.1, -0.05) is 0 Å². The van der Waals surface area contributed by atoms with E-state index in [1.165, 1.54) is 0 Å². The topological polar surface area (TPSA) is 193 Å². The third-order valence-corrected chi connectivity index (χ3v) is 4.41. The lowest BCUT2D eigenvalue weighted by atomic mass is 10.3. The normalized spacial score (nSPS) is 12.3. The first-order valence-electron chi connectivity index (χ1n) is 5.75. The van der Waals surface area contributed by atoms with Gasteiger partial charge in [-0.2, -0.15) is 0 Å². The van der Waals surface area contributed by atoms with Gasteiger partial charge in [-0.3, -0.25) is 19.5 Å². The Morgan fingerprint density at radius 2 is 1.87 bits per heavy atom. The molecular formula is C9H13N4O8PS. The van der Waals surface area contributed by atoms with E-state index in [1.54, 1.807) is 4.83 Å². The molecule has 0 aromatic heterocycles. The molecule has 1 amide bonds. The number of nitrogens with one attached hydrogen (secondary N) is 1. The molecule has 0 fully saturated rings. The van der Waals surface area contributed by atoms with Crippen LogP contribution in [0.15, 0.2) is 29.2 Å². The van der Waals surface area contributed by atoms with Gasteiger partial charge in [-0.05, 0) is 12.1 Å². The van der Waals surface area contributed by atoms with E-state index >= 15 is 0 Å². The lowest BCUT2D eigenvalue weighted by Gasteiger charge is -2.21. The number of carbonyl (C=O) groups is 1. The Labute approximate surface area is 130 Å². The van der Waals surface area contributed by atoms with Gasteiger partial charge in [-0.15, -0.1) is 4.83 Å². The average Bonchev–Trinajstić information content (AvgIpc) is 2.35. The van der Waals surface area contributed by atoms with E-state index < -0.39 is 46.2 Å². The highest BCUT2D eigenvalue weighted by Crippen LogP contribution is 2.34. The van der Waals surface area contributed by atoms with E-state index in [9.17, 15) is 27.9 Å². The van der Waals surface area contributed by atoms with Crippen LogP contribution in [-0.4, -0.2) is 46.9 Å². The Hall–Kier alpha value is -1.89. The van der Waals surface area contributed by atoms with Crippen molar-refractivity contribution in [1.82, 2.24) is 9.84 Å². The van der Waals surface area contributed by atoms with Gasteiger partial charge in [0.2, 0.25) is 5.91 Å². The van der Waals surface area contributed by atoms with Gasteiger partial charge in [0.05, 0.1) is 16.4 Å². The van der Waals surface area contributed by atoms with Crippen LogP contribution in [0, 0.1) is 10.1 Å². The maximum absolute atomic E-state index is 12.1. The van der Waals surface area contributed by atoms with Crippen molar-refractivity contribution in [1.29, 1.82) is 0 Å². The van der Waals surface area contributed by atoms with Crippen molar-refractivity contribution in [2.24, 2.45) is 5.73 Å². The Morgan fingerprint density at radius 1 is 1.35 bits per heavy atom. The molecule has 0 spiro atoms. The summed E-state index contributed by atoms with van der Waals surface area (Å²) >= 11 is 0. The summed E-state index contributed by atoms with van der Waals surface area (Å²) < 4.78 is 35.1. The largest absolute Gasteiger partial charge is 0.369 e. The smallest absolute Gasteiger partial charge is 0.340 e. The summed E-state index contributed by atoms with van der Waals surface area (Å²) in [7, 11) is -8.99. The predicted octanol–water partition coefficient (Wildman–Crippen LogP) is -1.29. The second-order valence-electron chi connectivity index (χ2n) is 4.32. The molecule has 0 atom stereocenters. The number of nitro benzene ring substituents is 1. The zero-order valence-electron chi connectivity index (χ0n) is 11.4. The van der Waals surface area contributed by atoms with Crippen LogP contribution >= 0.6 is 7.60 Å². The number of primary amides is 1. The standard InChI is InChI=1S/C9H13N4O8PS/c10-9(14)5-12(6-22(17,18)19)11-23(20,21)8-3-1-7(2-4-8)13(15)16/h1-4,11H,5-6H2,(H2,10,14)(H2,17,18,19). The minimum absolute atomic E-state index is 0.340. The molecule has 0 saturated heterocycles. The number of hydrogen-bond acceptors (Lipinski definition) is 7. The summed E-state index contributed by atoms with van der Waals surface area (Å²) in [6.07, 6.45) is -1.08. The maximum atomic E-state index is 12.1. The van der Waals surface area contributed by atoms with Gasteiger partial charge >= 0.3 is 7.60 Å². The zero-order chi connectivity index (χ0) is 17.8. The van der Waals surface area contributed by atoms with Gasteiger partial charge in [-0.25, -0.2) is 13.4 Å². The lowest BCUT2D eigenvalue weighted by Crippen LogP contribution is -2.46. The van der Waals surface area contributed by atoms with Crippen molar-refractivity contribution < 1.29 is 32.5 Å². The summed E-state index contributed by atoms with van der Waals surface area (Å²) in [4.78, 5) is 39.8. The van der Waals surface area contributed by atoms with Crippen LogP contribution in [0.3, 0.4) is 0 Å². The van der Waals surface area contributed by atoms with Crippen LogP contribution < -0.4 is 10.6 Å². The van der Waals surface area contributed by atoms with Crippen LogP contribution in [0.5, 0.6) is 0 Å². The van der Waals surface area contributed by atoms with Gasteiger partial charge in [0.1, 0.15) is 6.29 Å². The predicted molar refractivity (Wildman–Crippen MR) is 76.2 cm³/mol. The molecule has 128 valence electrons. The first kappa shape index (κ1) is 19.2. The Kier molecular flexibility index (Phi) is 5.93. The maximum Gasteiger partial charge on any atom is 0.340 e. The number of amides is 1. The molecule has 0 radical (unpaired) electrons. The molecule has 0 aliphatic carbocycles. The first-order chi connectivity index (χ1) is 10.4. The molecule has 1 rings (SSSR count). The molecule has 0 saturated carbocycles. The molecule has 0 bridgehead atoms. The molecule has 14 heteroatoms. The number of nitro groups is 1.